The zero-order chi connectivity index (χ0) is 51.0. The van der Waals surface area contributed by atoms with Crippen LogP contribution in [0.1, 0.15) is 106 Å². The van der Waals surface area contributed by atoms with E-state index in [1.54, 1.807) is 9.80 Å². The molecule has 4 aliphatic rings. The third-order valence-corrected chi connectivity index (χ3v) is 14.8. The van der Waals surface area contributed by atoms with Crippen molar-refractivity contribution in [3.63, 3.8) is 0 Å². The number of amides is 5. The van der Waals surface area contributed by atoms with Crippen LogP contribution in [0.15, 0.2) is 91.1 Å². The molecule has 5 heterocycles. The maximum atomic E-state index is 14.5. The van der Waals surface area contributed by atoms with Gasteiger partial charge in [0.1, 0.15) is 29.3 Å². The van der Waals surface area contributed by atoms with Crippen molar-refractivity contribution in [1.29, 1.82) is 0 Å². The van der Waals surface area contributed by atoms with Crippen molar-refractivity contribution in [2.24, 2.45) is 5.92 Å². The van der Waals surface area contributed by atoms with E-state index in [4.69, 9.17) is 24.2 Å². The van der Waals surface area contributed by atoms with E-state index in [9.17, 15) is 24.0 Å². The molecule has 6 aromatic rings. The predicted molar refractivity (Wildman–Crippen MR) is 274 cm³/mol. The SMILES string of the molecule is COC(=O)N[C@H](C(=O)N1CCC[C@H]1c1nc2c([nH]1)CCc1cc(-c3ccc4cc(-c5cnc([C@@H]6CCCN6C(=O)[C@H](NC(=O)OC)c6ccccc6)[nH]5)ccc4c3)ccc1-2)C1CCN(C(=O)OC(C)(C)C)CC1. The average molecular weight is 990 g/mol. The van der Waals surface area contributed by atoms with Crippen LogP contribution in [0.3, 0.4) is 0 Å². The second-order valence-corrected chi connectivity index (χ2v) is 20.6. The lowest BCUT2D eigenvalue weighted by Gasteiger charge is -2.38. The molecular weight excluding hydrogens is 927 g/mol. The number of imidazole rings is 2. The minimum atomic E-state index is -0.891. The third kappa shape index (κ3) is 10.2. The van der Waals surface area contributed by atoms with Crippen LogP contribution in [-0.2, 0) is 36.6 Å². The van der Waals surface area contributed by atoms with Crippen LogP contribution < -0.4 is 10.6 Å². The first-order chi connectivity index (χ1) is 35.2. The monoisotopic (exact) mass is 989 g/mol. The van der Waals surface area contributed by atoms with E-state index in [1.807, 2.05) is 62.2 Å². The van der Waals surface area contributed by atoms with Crippen LogP contribution in [0.2, 0.25) is 0 Å². The van der Waals surface area contributed by atoms with Gasteiger partial charge in [0, 0.05) is 43.0 Å². The summed E-state index contributed by atoms with van der Waals surface area (Å²) in [6.45, 7) is 7.44. The van der Waals surface area contributed by atoms with E-state index in [0.717, 1.165) is 94.5 Å². The summed E-state index contributed by atoms with van der Waals surface area (Å²) in [5.74, 6) is 0.878. The van der Waals surface area contributed by atoms with Gasteiger partial charge in [-0.3, -0.25) is 9.59 Å². The van der Waals surface area contributed by atoms with E-state index < -0.39 is 29.9 Å². The Kier molecular flexibility index (Phi) is 13.7. The Morgan fingerprint density at radius 1 is 0.685 bits per heavy atom. The van der Waals surface area contributed by atoms with Crippen LogP contribution in [0.25, 0.3) is 44.4 Å². The summed E-state index contributed by atoms with van der Waals surface area (Å²) in [4.78, 5) is 88.7. The molecule has 5 amide bonds. The summed E-state index contributed by atoms with van der Waals surface area (Å²) in [5.41, 5.74) is 8.37. The molecule has 3 saturated heterocycles. The molecule has 0 saturated carbocycles. The first-order valence-corrected chi connectivity index (χ1v) is 25.4. The molecule has 0 unspecified atom stereocenters. The van der Waals surface area contributed by atoms with Crippen LogP contribution in [0.4, 0.5) is 14.4 Å². The molecule has 0 spiro atoms. The summed E-state index contributed by atoms with van der Waals surface area (Å²) in [6.07, 6.45) is 5.90. The lowest BCUT2D eigenvalue weighted by molar-refractivity contribution is -0.136. The van der Waals surface area contributed by atoms with Gasteiger partial charge in [-0.05, 0) is 123 Å². The molecule has 380 valence electrons. The second-order valence-electron chi connectivity index (χ2n) is 20.6. The number of hydrogen-bond acceptors (Lipinski definition) is 10. The Labute approximate surface area is 424 Å². The van der Waals surface area contributed by atoms with Crippen molar-refractivity contribution < 1.29 is 38.2 Å². The second kappa shape index (κ2) is 20.4. The number of H-pyrrole nitrogens is 2. The number of ether oxygens (including phenoxy) is 3. The summed E-state index contributed by atoms with van der Waals surface area (Å²) < 4.78 is 15.4. The Hall–Kier alpha value is -7.69. The number of likely N-dealkylation sites (tertiary alicyclic amines) is 3. The van der Waals surface area contributed by atoms with Gasteiger partial charge in [-0.25, -0.2) is 24.4 Å². The predicted octanol–water partition coefficient (Wildman–Crippen LogP) is 9.18. The molecule has 3 fully saturated rings. The number of hydrogen-bond donors (Lipinski definition) is 4. The van der Waals surface area contributed by atoms with Crippen LogP contribution in [0, 0.1) is 5.92 Å². The molecule has 4 aromatic carbocycles. The number of fused-ring (bicyclic) bond motifs is 4. The molecule has 2 aromatic heterocycles. The smallest absolute Gasteiger partial charge is 0.410 e. The summed E-state index contributed by atoms with van der Waals surface area (Å²) >= 11 is 0. The number of nitrogens with zero attached hydrogens (tertiary/aromatic N) is 5. The van der Waals surface area contributed by atoms with Gasteiger partial charge in [0.05, 0.1) is 43.9 Å². The molecule has 17 nitrogen and oxygen atoms in total. The highest BCUT2D eigenvalue weighted by atomic mass is 16.6. The van der Waals surface area contributed by atoms with Gasteiger partial charge in [-0.15, -0.1) is 0 Å². The highest BCUT2D eigenvalue weighted by molar-refractivity contribution is 5.91. The number of aromatic amines is 2. The van der Waals surface area contributed by atoms with E-state index in [-0.39, 0.29) is 35.9 Å². The molecule has 17 heteroatoms. The van der Waals surface area contributed by atoms with Gasteiger partial charge >= 0.3 is 18.3 Å². The molecule has 0 bridgehead atoms. The number of carbonyl (C=O) groups is 5. The van der Waals surface area contributed by atoms with Gasteiger partial charge in [-0.1, -0.05) is 72.8 Å². The van der Waals surface area contributed by atoms with Crippen molar-refractivity contribution in [2.45, 2.75) is 102 Å². The first-order valence-electron chi connectivity index (χ1n) is 25.4. The maximum Gasteiger partial charge on any atom is 0.410 e. The lowest BCUT2D eigenvalue weighted by Crippen LogP contribution is -2.55. The number of nitrogens with one attached hydrogen (secondary N) is 4. The molecule has 10 rings (SSSR count). The van der Waals surface area contributed by atoms with Crippen LogP contribution in [-0.4, -0.2) is 117 Å². The number of alkyl carbamates (subject to hydrolysis) is 2. The Morgan fingerprint density at radius 3 is 2.01 bits per heavy atom. The molecule has 0 radical (unpaired) electrons. The van der Waals surface area contributed by atoms with Gasteiger partial charge in [-0.2, -0.15) is 0 Å². The fraction of sp³-hybridized carbons (Fsp3) is 0.411. The molecule has 4 atom stereocenters. The molecule has 3 aliphatic heterocycles. The number of aromatic nitrogens is 4. The van der Waals surface area contributed by atoms with Gasteiger partial charge in [0.15, 0.2) is 0 Å². The molecule has 4 N–H and O–H groups in total. The first kappa shape index (κ1) is 48.9. The quantitative estimate of drug-likeness (QED) is 0.0958. The number of aryl methyl sites for hydroxylation is 2. The van der Waals surface area contributed by atoms with Crippen LogP contribution in [0.5, 0.6) is 0 Å². The minimum Gasteiger partial charge on any atom is -0.453 e. The Balaban J connectivity index is 0.820. The minimum absolute atomic E-state index is 0.170. The standard InChI is InChI=1S/C56H63N9O8/c1-56(2,3)73-55(70)63-27-23-34(24-28-63)47(62-54(69)72-5)52(67)65-26-10-14-45(65)50-58-42-22-20-39-30-38(19-21-41(39)48(42)60-50)35-15-16-37-31-40(18-17-36(37)29-35)43-32-57-49(59-43)44-13-9-25-64(44)51(66)46(61-53(68)71-4)33-11-7-6-8-12-33/h6-8,11-12,15-19,21,29-32,34,44-47H,9-10,13-14,20,22-28H2,1-5H3,(H,57,59)(H,58,60)(H,61,68)(H,62,69)/t44-,45-,46+,47-/m0/s1. The topological polar surface area (TPSA) is 204 Å². The van der Waals surface area contributed by atoms with E-state index in [1.165, 1.54) is 19.8 Å². The van der Waals surface area contributed by atoms with Crippen molar-refractivity contribution in [3.8, 4) is 33.6 Å². The van der Waals surface area contributed by atoms with Crippen molar-refractivity contribution in [1.82, 2.24) is 45.3 Å². The highest BCUT2D eigenvalue weighted by Gasteiger charge is 2.42. The zero-order valence-electron chi connectivity index (χ0n) is 42.0. The van der Waals surface area contributed by atoms with Crippen molar-refractivity contribution in [3.05, 3.63) is 120 Å². The largest absolute Gasteiger partial charge is 0.453 e. The highest BCUT2D eigenvalue weighted by Crippen LogP contribution is 2.40. The van der Waals surface area contributed by atoms with E-state index in [0.29, 0.717) is 50.4 Å². The molecular formula is C56H63N9O8. The molecule has 1 aliphatic carbocycles. The third-order valence-electron chi connectivity index (χ3n) is 14.8. The summed E-state index contributed by atoms with van der Waals surface area (Å²) in [5, 5.41) is 7.76. The number of carbonyl (C=O) groups excluding carboxylic acids is 5. The summed E-state index contributed by atoms with van der Waals surface area (Å²) in [7, 11) is 2.58. The van der Waals surface area contributed by atoms with Gasteiger partial charge in [0.2, 0.25) is 5.91 Å². The van der Waals surface area contributed by atoms with Crippen molar-refractivity contribution >= 4 is 40.9 Å². The van der Waals surface area contributed by atoms with Gasteiger partial charge < -0.3 is 49.5 Å². The number of methoxy groups -OCH3 is 2. The lowest BCUT2D eigenvalue weighted by atomic mass is 9.88. The van der Waals surface area contributed by atoms with E-state index >= 15 is 0 Å². The maximum absolute atomic E-state index is 14.5. The number of rotatable bonds is 10. The normalized spacial score (nSPS) is 18.7. The number of benzene rings is 4. The van der Waals surface area contributed by atoms with E-state index in [2.05, 4.69) is 75.2 Å². The van der Waals surface area contributed by atoms with Gasteiger partial charge in [0.25, 0.3) is 5.91 Å². The zero-order valence-corrected chi connectivity index (χ0v) is 42.0. The average Bonchev–Trinajstić information content (AvgIpc) is 4.26. The molecule has 73 heavy (non-hydrogen) atoms. The summed E-state index contributed by atoms with van der Waals surface area (Å²) in [6, 6.07) is 26.4. The van der Waals surface area contributed by atoms with Crippen molar-refractivity contribution in [2.75, 3.05) is 40.4 Å². The fourth-order valence-electron chi connectivity index (χ4n) is 11.1. The van der Waals surface area contributed by atoms with Crippen LogP contribution >= 0.6 is 0 Å². The Morgan fingerprint density at radius 2 is 1.32 bits per heavy atom. The fourth-order valence-corrected chi connectivity index (χ4v) is 11.1. The Bertz CT molecular complexity index is 3040. The number of piperidine rings is 1.